The number of aliphatic hydroxyl groups is 2. The predicted molar refractivity (Wildman–Crippen MR) is 111 cm³/mol. The normalized spacial score (nSPS) is 16.0. The summed E-state index contributed by atoms with van der Waals surface area (Å²) in [6, 6.07) is 23.3. The number of hydrogen-bond donors (Lipinski definition) is 2. The highest BCUT2D eigenvalue weighted by atomic mass is 32.2. The first kappa shape index (κ1) is 21.2. The van der Waals surface area contributed by atoms with Crippen LogP contribution in [0.5, 0.6) is 0 Å². The summed E-state index contributed by atoms with van der Waals surface area (Å²) in [5, 5.41) is 22.1. The molecule has 0 aliphatic carbocycles. The first-order chi connectivity index (χ1) is 13.7. The average Bonchev–Trinajstić information content (AvgIpc) is 2.73. The molecule has 3 aromatic rings. The molecule has 29 heavy (non-hydrogen) atoms. The van der Waals surface area contributed by atoms with Crippen LogP contribution in [0.1, 0.15) is 35.8 Å². The Hall–Kier alpha value is -2.51. The van der Waals surface area contributed by atoms with E-state index in [1.54, 1.807) is 72.8 Å². The third-order valence-electron chi connectivity index (χ3n) is 4.83. The van der Waals surface area contributed by atoms with Crippen molar-refractivity contribution in [2.45, 2.75) is 36.6 Å². The molecule has 0 amide bonds. The fraction of sp³-hybridized carbons (Fsp3) is 0.217. The molecule has 0 radical (unpaired) electrons. The lowest BCUT2D eigenvalue weighted by Gasteiger charge is -2.36. The minimum Gasteiger partial charge on any atom is -0.385 e. The van der Waals surface area contributed by atoms with Crippen LogP contribution in [0.15, 0.2) is 89.8 Å². The predicted octanol–water partition coefficient (Wildman–Crippen LogP) is 3.93. The Labute approximate surface area is 171 Å². The van der Waals surface area contributed by atoms with Gasteiger partial charge in [0.25, 0.3) is 10.1 Å². The van der Waals surface area contributed by atoms with Gasteiger partial charge in [-0.1, -0.05) is 78.4 Å². The topological polar surface area (TPSA) is 83.8 Å². The van der Waals surface area contributed by atoms with Gasteiger partial charge in [-0.15, -0.1) is 0 Å². The number of aryl methyl sites for hydroxylation is 1. The lowest BCUT2D eigenvalue weighted by Crippen LogP contribution is -2.41. The van der Waals surface area contributed by atoms with Crippen LogP contribution < -0.4 is 0 Å². The zero-order valence-electron chi connectivity index (χ0n) is 16.3. The van der Waals surface area contributed by atoms with Crippen LogP contribution >= 0.6 is 0 Å². The summed E-state index contributed by atoms with van der Waals surface area (Å²) in [4.78, 5) is -0.0194. The molecule has 152 valence electrons. The second kappa shape index (κ2) is 8.47. The van der Waals surface area contributed by atoms with Gasteiger partial charge < -0.3 is 10.2 Å². The molecular formula is C23H24O5S. The molecule has 0 saturated heterocycles. The van der Waals surface area contributed by atoms with Gasteiger partial charge in [-0.25, -0.2) is 0 Å². The summed E-state index contributed by atoms with van der Waals surface area (Å²) in [6.45, 7) is 3.22. The van der Waals surface area contributed by atoms with Crippen molar-refractivity contribution in [3.05, 3.63) is 102 Å². The van der Waals surface area contributed by atoms with Crippen LogP contribution in [0, 0.1) is 6.92 Å². The Bertz CT molecular complexity index is 1030. The molecule has 5 nitrogen and oxygen atoms in total. The molecular weight excluding hydrogens is 388 g/mol. The van der Waals surface area contributed by atoms with Gasteiger partial charge in [0.1, 0.15) is 17.8 Å². The molecule has 3 aromatic carbocycles. The van der Waals surface area contributed by atoms with Crippen LogP contribution in [0.2, 0.25) is 0 Å². The van der Waals surface area contributed by atoms with E-state index >= 15 is 0 Å². The van der Waals surface area contributed by atoms with Crippen molar-refractivity contribution < 1.29 is 22.8 Å². The van der Waals surface area contributed by atoms with Crippen LogP contribution in [0.25, 0.3) is 0 Å². The Morgan fingerprint density at radius 2 is 1.31 bits per heavy atom. The number of aliphatic hydroxyl groups excluding tert-OH is 1. The smallest absolute Gasteiger partial charge is 0.297 e. The summed E-state index contributed by atoms with van der Waals surface area (Å²) in [5.41, 5.74) is -0.131. The Balaban J connectivity index is 2.02. The van der Waals surface area contributed by atoms with E-state index in [2.05, 4.69) is 0 Å². The van der Waals surface area contributed by atoms with E-state index in [0.717, 1.165) is 5.56 Å². The maximum Gasteiger partial charge on any atom is 0.297 e. The number of benzene rings is 3. The molecule has 0 fully saturated rings. The first-order valence-corrected chi connectivity index (χ1v) is 10.6. The van der Waals surface area contributed by atoms with Gasteiger partial charge in [-0.05, 0) is 37.1 Å². The number of rotatable bonds is 7. The fourth-order valence-corrected chi connectivity index (χ4v) is 4.26. The minimum atomic E-state index is -4.19. The standard InChI is InChI=1S/C23H24O5S/c1-17-13-15-20(16-14-17)29(26,27)28-22(19-11-7-4-8-12-19)23(2,25)21(24)18-9-5-3-6-10-18/h3-16,21-22,24-25H,1-2H3. The van der Waals surface area contributed by atoms with Gasteiger partial charge in [0.2, 0.25) is 0 Å². The molecule has 6 heteroatoms. The monoisotopic (exact) mass is 412 g/mol. The SMILES string of the molecule is Cc1ccc(S(=O)(=O)OC(c2ccccc2)C(C)(O)C(O)c2ccccc2)cc1. The van der Waals surface area contributed by atoms with Crippen LogP contribution in [0.4, 0.5) is 0 Å². The fourth-order valence-electron chi connectivity index (χ4n) is 3.12. The van der Waals surface area contributed by atoms with E-state index in [4.69, 9.17) is 4.18 Å². The Morgan fingerprint density at radius 3 is 1.83 bits per heavy atom. The van der Waals surface area contributed by atoms with Crippen molar-refractivity contribution in [2.24, 2.45) is 0 Å². The summed E-state index contributed by atoms with van der Waals surface area (Å²) >= 11 is 0. The maximum atomic E-state index is 12.9. The van der Waals surface area contributed by atoms with Gasteiger partial charge in [0.15, 0.2) is 0 Å². The maximum absolute atomic E-state index is 12.9. The zero-order valence-corrected chi connectivity index (χ0v) is 17.1. The van der Waals surface area contributed by atoms with Crippen LogP contribution in [0.3, 0.4) is 0 Å². The summed E-state index contributed by atoms with van der Waals surface area (Å²) in [5.74, 6) is 0. The molecule has 0 bridgehead atoms. The third-order valence-corrected chi connectivity index (χ3v) is 6.13. The molecule has 0 heterocycles. The summed E-state index contributed by atoms with van der Waals surface area (Å²) in [7, 11) is -4.19. The second-order valence-corrected chi connectivity index (χ2v) is 8.77. The molecule has 3 rings (SSSR count). The summed E-state index contributed by atoms with van der Waals surface area (Å²) in [6.07, 6.45) is -2.70. The van der Waals surface area contributed by atoms with E-state index in [-0.39, 0.29) is 4.90 Å². The van der Waals surface area contributed by atoms with Crippen molar-refractivity contribution in [2.75, 3.05) is 0 Å². The zero-order chi connectivity index (χ0) is 21.1. The lowest BCUT2D eigenvalue weighted by molar-refractivity contribution is -0.128. The first-order valence-electron chi connectivity index (χ1n) is 9.22. The van der Waals surface area contributed by atoms with Gasteiger partial charge in [-0.3, -0.25) is 4.18 Å². The van der Waals surface area contributed by atoms with Gasteiger partial charge in [-0.2, -0.15) is 8.42 Å². The van der Waals surface area contributed by atoms with Crippen molar-refractivity contribution in [1.29, 1.82) is 0 Å². The van der Waals surface area contributed by atoms with Gasteiger partial charge >= 0.3 is 0 Å². The van der Waals surface area contributed by atoms with E-state index < -0.39 is 27.9 Å². The van der Waals surface area contributed by atoms with E-state index in [1.807, 2.05) is 6.92 Å². The second-order valence-electron chi connectivity index (χ2n) is 7.19. The number of hydrogen-bond acceptors (Lipinski definition) is 5. The van der Waals surface area contributed by atoms with Crippen molar-refractivity contribution in [3.63, 3.8) is 0 Å². The largest absolute Gasteiger partial charge is 0.385 e. The highest BCUT2D eigenvalue weighted by molar-refractivity contribution is 7.86. The van der Waals surface area contributed by atoms with Crippen molar-refractivity contribution >= 4 is 10.1 Å². The highest BCUT2D eigenvalue weighted by Crippen LogP contribution is 2.40. The minimum absolute atomic E-state index is 0.0194. The molecule has 0 spiro atoms. The molecule has 0 aliphatic rings. The Morgan fingerprint density at radius 1 is 0.828 bits per heavy atom. The van der Waals surface area contributed by atoms with E-state index in [9.17, 15) is 18.6 Å². The molecule has 3 atom stereocenters. The molecule has 0 aliphatic heterocycles. The van der Waals surface area contributed by atoms with Crippen LogP contribution in [-0.4, -0.2) is 24.2 Å². The molecule has 0 aromatic heterocycles. The van der Waals surface area contributed by atoms with Crippen molar-refractivity contribution in [1.82, 2.24) is 0 Å². The highest BCUT2D eigenvalue weighted by Gasteiger charge is 2.44. The third kappa shape index (κ3) is 4.74. The quantitative estimate of drug-likeness (QED) is 0.575. The lowest BCUT2D eigenvalue weighted by atomic mass is 9.84. The van der Waals surface area contributed by atoms with E-state index in [0.29, 0.717) is 11.1 Å². The summed E-state index contributed by atoms with van der Waals surface area (Å²) < 4.78 is 31.4. The van der Waals surface area contributed by atoms with Gasteiger partial charge in [0, 0.05) is 0 Å². The van der Waals surface area contributed by atoms with Gasteiger partial charge in [0.05, 0.1) is 4.90 Å². The van der Waals surface area contributed by atoms with Crippen LogP contribution in [-0.2, 0) is 14.3 Å². The van der Waals surface area contributed by atoms with E-state index in [1.165, 1.54) is 19.1 Å². The average molecular weight is 413 g/mol. The Kier molecular flexibility index (Phi) is 6.19. The molecule has 2 N–H and O–H groups in total. The molecule has 3 unspecified atom stereocenters. The molecule has 0 saturated carbocycles. The van der Waals surface area contributed by atoms with Crippen molar-refractivity contribution in [3.8, 4) is 0 Å².